The van der Waals surface area contributed by atoms with Gasteiger partial charge in [-0.25, -0.2) is 4.39 Å². The number of anilines is 3. The lowest BCUT2D eigenvalue weighted by molar-refractivity contribution is -0.140. The van der Waals surface area contributed by atoms with Crippen molar-refractivity contribution in [1.29, 1.82) is 0 Å². The van der Waals surface area contributed by atoms with Crippen molar-refractivity contribution in [2.24, 2.45) is 5.92 Å². The summed E-state index contributed by atoms with van der Waals surface area (Å²) < 4.78 is 105. The maximum absolute atomic E-state index is 13.9. The maximum Gasteiger partial charge on any atom is 0.419 e. The van der Waals surface area contributed by atoms with Crippen LogP contribution in [0.2, 0.25) is 0 Å². The Bertz CT molecular complexity index is 1990. The minimum absolute atomic E-state index is 0.000773. The molecule has 1 unspecified atom stereocenters. The SMILES string of the molecule is COc1ccc(N2CCCC(C(=O)NC3COC3)C2)cc1C(=O)Nc1c(C(=O)Nc2ccc(F)c(C(F)(F)F)c2)sc2cc(C(F)(F)F)ccc12. The zero-order valence-electron chi connectivity index (χ0n) is 26.6. The molecule has 3 N–H and O–H groups in total. The van der Waals surface area contributed by atoms with Crippen LogP contribution in [-0.2, 0) is 21.9 Å². The monoisotopic (exact) mass is 738 g/mol. The van der Waals surface area contributed by atoms with Gasteiger partial charge in [0.05, 0.1) is 54.7 Å². The molecule has 2 saturated heterocycles. The van der Waals surface area contributed by atoms with Gasteiger partial charge in [-0.3, -0.25) is 14.4 Å². The number of thiophene rings is 1. The van der Waals surface area contributed by atoms with E-state index in [1.165, 1.54) is 13.2 Å². The van der Waals surface area contributed by atoms with Crippen molar-refractivity contribution in [3.8, 4) is 5.75 Å². The molecule has 2 aliphatic heterocycles. The molecule has 1 atom stereocenters. The number of piperidine rings is 1. The van der Waals surface area contributed by atoms with Crippen LogP contribution in [0.5, 0.6) is 5.75 Å². The molecule has 0 saturated carbocycles. The summed E-state index contributed by atoms with van der Waals surface area (Å²) in [5, 5.41) is 7.84. The van der Waals surface area contributed by atoms with Crippen LogP contribution in [0, 0.1) is 11.7 Å². The molecule has 3 heterocycles. The molecular weight excluding hydrogens is 709 g/mol. The van der Waals surface area contributed by atoms with Crippen molar-refractivity contribution in [3.63, 3.8) is 0 Å². The molecule has 0 radical (unpaired) electrons. The largest absolute Gasteiger partial charge is 0.496 e. The Morgan fingerprint density at radius 2 is 1.69 bits per heavy atom. The van der Waals surface area contributed by atoms with E-state index in [4.69, 9.17) is 9.47 Å². The Balaban J connectivity index is 1.31. The van der Waals surface area contributed by atoms with Gasteiger partial charge in [0.25, 0.3) is 11.8 Å². The van der Waals surface area contributed by atoms with Gasteiger partial charge in [-0.1, -0.05) is 6.07 Å². The second-order valence-corrected chi connectivity index (χ2v) is 13.1. The smallest absolute Gasteiger partial charge is 0.419 e. The van der Waals surface area contributed by atoms with E-state index in [0.29, 0.717) is 68.3 Å². The Hall–Kier alpha value is -4.90. The van der Waals surface area contributed by atoms with E-state index in [-0.39, 0.29) is 49.8 Å². The number of ether oxygens (including phenoxy) is 2. The lowest BCUT2D eigenvalue weighted by atomic mass is 9.96. The number of benzene rings is 3. The minimum atomic E-state index is -5.07. The molecule has 3 aromatic carbocycles. The minimum Gasteiger partial charge on any atom is -0.496 e. The fourth-order valence-corrected chi connectivity index (χ4v) is 6.97. The summed E-state index contributed by atoms with van der Waals surface area (Å²) in [7, 11) is 1.33. The Morgan fingerprint density at radius 1 is 0.922 bits per heavy atom. The first-order valence-corrected chi connectivity index (χ1v) is 16.4. The number of halogens is 7. The zero-order valence-corrected chi connectivity index (χ0v) is 27.5. The molecule has 2 fully saturated rings. The fourth-order valence-electron chi connectivity index (χ4n) is 5.88. The number of nitrogens with zero attached hydrogens (tertiary/aromatic N) is 1. The molecular formula is C34H29F7N4O5S. The number of hydrogen-bond acceptors (Lipinski definition) is 7. The summed E-state index contributed by atoms with van der Waals surface area (Å²) in [4.78, 5) is 41.9. The summed E-state index contributed by atoms with van der Waals surface area (Å²) in [6.45, 7) is 1.87. The number of nitrogens with one attached hydrogen (secondary N) is 3. The molecule has 0 spiro atoms. The quantitative estimate of drug-likeness (QED) is 0.164. The van der Waals surface area contributed by atoms with Gasteiger partial charge in [0.1, 0.15) is 16.4 Å². The van der Waals surface area contributed by atoms with E-state index in [2.05, 4.69) is 16.0 Å². The van der Waals surface area contributed by atoms with Crippen LogP contribution >= 0.6 is 11.3 Å². The predicted molar refractivity (Wildman–Crippen MR) is 175 cm³/mol. The van der Waals surface area contributed by atoms with E-state index >= 15 is 0 Å². The van der Waals surface area contributed by atoms with Gasteiger partial charge in [-0.2, -0.15) is 26.3 Å². The van der Waals surface area contributed by atoms with Gasteiger partial charge in [0.15, 0.2) is 0 Å². The highest BCUT2D eigenvalue weighted by molar-refractivity contribution is 7.21. The van der Waals surface area contributed by atoms with Crippen LogP contribution in [0.3, 0.4) is 0 Å². The van der Waals surface area contributed by atoms with Gasteiger partial charge in [-0.15, -0.1) is 11.3 Å². The molecule has 4 aromatic rings. The molecule has 2 aliphatic rings. The standard InChI is InChI=1S/C34H29F7N4O5S/c1-49-26-9-6-21(45-10-2-3-17(14-45)30(46)43-20-15-50-16-20)13-23(26)31(47)44-28-22-7-4-18(33(36,37)38)11-27(22)51-29(28)32(48)42-19-5-8-25(35)24(12-19)34(39,40)41/h4-9,11-13,17,20H,2-3,10,14-16H2,1H3,(H,42,48)(H,43,46)(H,44,47). The highest BCUT2D eigenvalue weighted by Crippen LogP contribution is 2.41. The Morgan fingerprint density at radius 3 is 2.35 bits per heavy atom. The summed E-state index contributed by atoms with van der Waals surface area (Å²) in [6.07, 6.45) is -8.44. The first-order chi connectivity index (χ1) is 24.1. The number of amides is 3. The summed E-state index contributed by atoms with van der Waals surface area (Å²) >= 11 is 0.572. The first kappa shape index (κ1) is 35.9. The number of alkyl halides is 6. The summed E-state index contributed by atoms with van der Waals surface area (Å²) in [6, 6.07) is 9.17. The van der Waals surface area contributed by atoms with Gasteiger partial charge < -0.3 is 30.3 Å². The first-order valence-electron chi connectivity index (χ1n) is 15.6. The van der Waals surface area contributed by atoms with Crippen LogP contribution in [0.25, 0.3) is 10.1 Å². The van der Waals surface area contributed by atoms with Crippen LogP contribution in [0.4, 0.5) is 47.8 Å². The third-order valence-electron chi connectivity index (χ3n) is 8.56. The van der Waals surface area contributed by atoms with Crippen LogP contribution in [0.15, 0.2) is 54.6 Å². The number of hydrogen-bond donors (Lipinski definition) is 3. The number of methoxy groups -OCH3 is 1. The second kappa shape index (κ2) is 14.0. The Labute approximate surface area is 289 Å². The Kier molecular flexibility index (Phi) is 9.87. The van der Waals surface area contributed by atoms with Crippen molar-refractivity contribution < 1.29 is 54.6 Å². The highest BCUT2D eigenvalue weighted by atomic mass is 32.1. The normalized spacial score (nSPS) is 16.8. The third kappa shape index (κ3) is 7.73. The fraction of sp³-hybridized carbons (Fsp3) is 0.324. The lowest BCUT2D eigenvalue weighted by Gasteiger charge is -2.35. The van der Waals surface area contributed by atoms with Crippen molar-refractivity contribution in [3.05, 3.63) is 82.0 Å². The van der Waals surface area contributed by atoms with Gasteiger partial charge in [0.2, 0.25) is 5.91 Å². The van der Waals surface area contributed by atoms with Gasteiger partial charge >= 0.3 is 12.4 Å². The van der Waals surface area contributed by atoms with Crippen molar-refractivity contribution in [2.75, 3.05) is 48.9 Å². The van der Waals surface area contributed by atoms with E-state index in [9.17, 15) is 45.1 Å². The van der Waals surface area contributed by atoms with Gasteiger partial charge in [-0.05, 0) is 61.4 Å². The third-order valence-corrected chi connectivity index (χ3v) is 9.71. The van der Waals surface area contributed by atoms with Crippen molar-refractivity contribution in [2.45, 2.75) is 31.2 Å². The van der Waals surface area contributed by atoms with E-state index < -0.39 is 46.8 Å². The zero-order chi connectivity index (χ0) is 36.7. The molecule has 0 bridgehead atoms. The van der Waals surface area contributed by atoms with Crippen molar-refractivity contribution in [1.82, 2.24) is 5.32 Å². The lowest BCUT2D eigenvalue weighted by Crippen LogP contribution is -2.52. The average molecular weight is 739 g/mol. The number of carbonyl (C=O) groups excluding carboxylic acids is 3. The van der Waals surface area contributed by atoms with E-state index in [1.807, 2.05) is 4.90 Å². The molecule has 0 aliphatic carbocycles. The highest BCUT2D eigenvalue weighted by Gasteiger charge is 2.35. The van der Waals surface area contributed by atoms with Gasteiger partial charge in [0, 0.05) is 34.6 Å². The second-order valence-electron chi connectivity index (χ2n) is 12.0. The maximum atomic E-state index is 13.9. The predicted octanol–water partition coefficient (Wildman–Crippen LogP) is 7.32. The molecule has 1 aromatic heterocycles. The molecule has 3 amide bonds. The van der Waals surface area contributed by atoms with Crippen molar-refractivity contribution >= 4 is 56.2 Å². The molecule has 270 valence electrons. The van der Waals surface area contributed by atoms with Crippen LogP contribution < -0.4 is 25.6 Å². The molecule has 51 heavy (non-hydrogen) atoms. The van der Waals surface area contributed by atoms with E-state index in [1.54, 1.807) is 12.1 Å². The average Bonchev–Trinajstić information content (AvgIpc) is 3.43. The summed E-state index contributed by atoms with van der Waals surface area (Å²) in [5.41, 5.74) is -2.72. The number of carbonyl (C=O) groups is 3. The van der Waals surface area contributed by atoms with Crippen LogP contribution in [0.1, 0.15) is 44.0 Å². The molecule has 17 heteroatoms. The number of fused-ring (bicyclic) bond motifs is 1. The number of rotatable bonds is 8. The summed E-state index contributed by atoms with van der Waals surface area (Å²) in [5.74, 6) is -3.72. The van der Waals surface area contributed by atoms with E-state index in [0.717, 1.165) is 24.3 Å². The topological polar surface area (TPSA) is 109 Å². The molecule has 9 nitrogen and oxygen atoms in total. The van der Waals surface area contributed by atoms with Crippen LogP contribution in [-0.4, -0.2) is 57.2 Å². The molecule has 6 rings (SSSR count).